The Kier molecular flexibility index (Phi) is 3.18. The summed E-state index contributed by atoms with van der Waals surface area (Å²) in [6, 6.07) is 1.88. The minimum Gasteiger partial charge on any atom is -0.504 e. The number of rotatable bonds is 4. The molecular weight excluding hydrogens is 210 g/mol. The quantitative estimate of drug-likeness (QED) is 0.515. The number of benzene rings is 1. The van der Waals surface area contributed by atoms with E-state index in [1.54, 1.807) is 6.92 Å². The first-order valence-electron chi connectivity index (χ1n) is 5.75. The molecule has 1 atom stereocenters. The van der Waals surface area contributed by atoms with Gasteiger partial charge in [-0.25, -0.2) is 0 Å². The predicted molar refractivity (Wildman–Crippen MR) is 58.1 cm³/mol. The molecule has 0 bridgehead atoms. The van der Waals surface area contributed by atoms with Crippen molar-refractivity contribution in [2.45, 2.75) is 19.3 Å². The third-order valence-electron chi connectivity index (χ3n) is 1.84. The van der Waals surface area contributed by atoms with Crippen molar-refractivity contribution in [2.75, 3.05) is 6.61 Å². The highest BCUT2D eigenvalue weighted by Gasteiger charge is 2.15. The average molecular weight is 227 g/mol. The van der Waals surface area contributed by atoms with Crippen molar-refractivity contribution >= 4 is 5.97 Å². The zero-order valence-electron chi connectivity index (χ0n) is 10.8. The monoisotopic (exact) mass is 227 g/mol. The molecule has 0 saturated carbocycles. The SMILES string of the molecule is [2H]C([2H])(c1ccc(O)c(O)c1)[C@H](N)C(=O)OCC. The van der Waals surface area contributed by atoms with Crippen LogP contribution in [0.4, 0.5) is 0 Å². The zero-order valence-corrected chi connectivity index (χ0v) is 8.80. The second-order valence-electron chi connectivity index (χ2n) is 3.08. The standard InChI is InChI=1S/C11H15NO4/c1-2-16-11(15)8(12)5-7-3-4-9(13)10(14)6-7/h3-4,6,8,13-14H,2,5,12H2,1H3/t8-/m0/s1/i5D2. The molecule has 0 heterocycles. The molecule has 0 saturated heterocycles. The normalized spacial score (nSPS) is 14.9. The summed E-state index contributed by atoms with van der Waals surface area (Å²) in [5.41, 5.74) is 5.49. The fraction of sp³-hybridized carbons (Fsp3) is 0.364. The Labute approximate surface area is 96.3 Å². The summed E-state index contributed by atoms with van der Waals surface area (Å²) in [6.07, 6.45) is -2.21. The van der Waals surface area contributed by atoms with E-state index >= 15 is 0 Å². The van der Waals surface area contributed by atoms with Crippen molar-refractivity contribution in [1.82, 2.24) is 0 Å². The van der Waals surface area contributed by atoms with Crippen LogP contribution in [-0.4, -0.2) is 28.8 Å². The fourth-order valence-electron chi connectivity index (χ4n) is 1.08. The highest BCUT2D eigenvalue weighted by molar-refractivity contribution is 5.75. The molecular formula is C11H15NO4. The minimum atomic E-state index is -2.21. The first-order valence-corrected chi connectivity index (χ1v) is 4.75. The number of aromatic hydroxyl groups is 2. The van der Waals surface area contributed by atoms with E-state index in [-0.39, 0.29) is 17.9 Å². The van der Waals surface area contributed by atoms with E-state index in [1.807, 2.05) is 0 Å². The first kappa shape index (κ1) is 9.47. The number of phenolic OH excluding ortho intramolecular Hbond substituents is 2. The Morgan fingerprint density at radius 2 is 2.25 bits per heavy atom. The van der Waals surface area contributed by atoms with Gasteiger partial charge in [0, 0.05) is 2.74 Å². The molecule has 0 fully saturated rings. The zero-order chi connectivity index (χ0) is 13.9. The van der Waals surface area contributed by atoms with E-state index in [0.29, 0.717) is 0 Å². The van der Waals surface area contributed by atoms with Crippen molar-refractivity contribution in [2.24, 2.45) is 5.73 Å². The summed E-state index contributed by atoms with van der Waals surface area (Å²) in [7, 11) is 0. The summed E-state index contributed by atoms with van der Waals surface area (Å²) in [6.45, 7) is 1.69. The van der Waals surface area contributed by atoms with Crippen LogP contribution in [0.15, 0.2) is 18.2 Å². The highest BCUT2D eigenvalue weighted by Crippen LogP contribution is 2.25. The van der Waals surface area contributed by atoms with Gasteiger partial charge in [-0.3, -0.25) is 4.79 Å². The Hall–Kier alpha value is -1.75. The molecule has 0 amide bonds. The summed E-state index contributed by atoms with van der Waals surface area (Å²) in [4.78, 5) is 11.4. The Morgan fingerprint density at radius 3 is 2.81 bits per heavy atom. The average Bonchev–Trinajstić information content (AvgIpc) is 2.31. The third-order valence-corrected chi connectivity index (χ3v) is 1.84. The molecule has 1 aromatic carbocycles. The lowest BCUT2D eigenvalue weighted by atomic mass is 10.1. The van der Waals surface area contributed by atoms with Gasteiger partial charge in [-0.1, -0.05) is 6.07 Å². The molecule has 0 aliphatic carbocycles. The Morgan fingerprint density at radius 1 is 1.56 bits per heavy atom. The van der Waals surface area contributed by atoms with Gasteiger partial charge in [0.15, 0.2) is 11.5 Å². The van der Waals surface area contributed by atoms with E-state index in [2.05, 4.69) is 4.74 Å². The van der Waals surface area contributed by atoms with Crippen molar-refractivity contribution in [3.8, 4) is 11.5 Å². The number of ether oxygens (including phenoxy) is 1. The van der Waals surface area contributed by atoms with Gasteiger partial charge in [-0.05, 0) is 31.0 Å². The van der Waals surface area contributed by atoms with Gasteiger partial charge in [-0.15, -0.1) is 0 Å². The molecule has 0 unspecified atom stereocenters. The van der Waals surface area contributed by atoms with Gasteiger partial charge in [0.05, 0.1) is 6.61 Å². The number of hydrogen-bond acceptors (Lipinski definition) is 5. The molecule has 1 aromatic rings. The van der Waals surface area contributed by atoms with Crippen LogP contribution in [0.2, 0.25) is 0 Å². The van der Waals surface area contributed by atoms with Crippen LogP contribution in [0.5, 0.6) is 11.5 Å². The first-order chi connectivity index (χ1) is 8.30. The second kappa shape index (κ2) is 5.37. The number of phenols is 2. The van der Waals surface area contributed by atoms with Crippen LogP contribution in [0.25, 0.3) is 0 Å². The molecule has 0 aromatic heterocycles. The topological polar surface area (TPSA) is 92.8 Å². The van der Waals surface area contributed by atoms with E-state index < -0.39 is 24.1 Å². The number of esters is 1. The van der Waals surface area contributed by atoms with E-state index in [9.17, 15) is 9.90 Å². The lowest BCUT2D eigenvalue weighted by molar-refractivity contribution is -0.144. The smallest absolute Gasteiger partial charge is 0.323 e. The maximum Gasteiger partial charge on any atom is 0.323 e. The minimum absolute atomic E-state index is 0.0154. The van der Waals surface area contributed by atoms with Gasteiger partial charge >= 0.3 is 5.97 Å². The van der Waals surface area contributed by atoms with Gasteiger partial charge in [0.25, 0.3) is 0 Å². The van der Waals surface area contributed by atoms with Crippen LogP contribution in [0.1, 0.15) is 15.2 Å². The van der Waals surface area contributed by atoms with E-state index in [1.165, 1.54) is 6.07 Å². The van der Waals surface area contributed by atoms with Crippen LogP contribution >= 0.6 is 0 Å². The van der Waals surface area contributed by atoms with Gasteiger partial charge in [0.2, 0.25) is 0 Å². The van der Waals surface area contributed by atoms with E-state index in [4.69, 9.17) is 13.6 Å². The number of carbonyl (C=O) groups is 1. The van der Waals surface area contributed by atoms with Gasteiger partial charge in [0.1, 0.15) is 6.04 Å². The molecule has 0 aliphatic rings. The van der Waals surface area contributed by atoms with Gasteiger partial charge in [-0.2, -0.15) is 0 Å². The maximum absolute atomic E-state index is 11.4. The van der Waals surface area contributed by atoms with E-state index in [0.717, 1.165) is 12.1 Å². The molecule has 5 nitrogen and oxygen atoms in total. The maximum atomic E-state index is 11.4. The fourth-order valence-corrected chi connectivity index (χ4v) is 1.08. The summed E-state index contributed by atoms with van der Waals surface area (Å²) >= 11 is 0. The Balaban J connectivity index is 3.04. The lowest BCUT2D eigenvalue weighted by Crippen LogP contribution is -2.34. The molecule has 1 rings (SSSR count). The number of carbonyl (C=O) groups excluding carboxylic acids is 1. The van der Waals surface area contributed by atoms with Crippen molar-refractivity contribution in [3.63, 3.8) is 0 Å². The highest BCUT2D eigenvalue weighted by atomic mass is 16.5. The largest absolute Gasteiger partial charge is 0.504 e. The molecule has 0 spiro atoms. The lowest BCUT2D eigenvalue weighted by Gasteiger charge is -2.10. The summed E-state index contributed by atoms with van der Waals surface area (Å²) in [5, 5.41) is 18.5. The van der Waals surface area contributed by atoms with Crippen LogP contribution < -0.4 is 5.73 Å². The predicted octanol–water partition coefficient (Wildman–Crippen LogP) is 0.531. The molecule has 16 heavy (non-hydrogen) atoms. The van der Waals surface area contributed by atoms with Crippen molar-refractivity contribution in [3.05, 3.63) is 23.8 Å². The number of nitrogens with two attached hydrogens (primary N) is 1. The van der Waals surface area contributed by atoms with Crippen molar-refractivity contribution in [1.29, 1.82) is 0 Å². The molecule has 4 N–H and O–H groups in total. The molecule has 0 aliphatic heterocycles. The van der Waals surface area contributed by atoms with Gasteiger partial charge < -0.3 is 20.7 Å². The second-order valence-corrected chi connectivity index (χ2v) is 3.08. The molecule has 88 valence electrons. The molecule has 0 radical (unpaired) electrons. The summed E-state index contributed by atoms with van der Waals surface area (Å²) in [5.74, 6) is -1.72. The number of hydrogen-bond donors (Lipinski definition) is 3. The van der Waals surface area contributed by atoms with Crippen LogP contribution in [0.3, 0.4) is 0 Å². The Bertz CT molecular complexity index is 451. The third kappa shape index (κ3) is 3.13. The molecule has 5 heteroatoms. The van der Waals surface area contributed by atoms with Crippen molar-refractivity contribution < 1.29 is 22.5 Å². The van der Waals surface area contributed by atoms with Crippen LogP contribution in [-0.2, 0) is 15.9 Å². The van der Waals surface area contributed by atoms with Crippen LogP contribution in [0, 0.1) is 0 Å². The summed E-state index contributed by atoms with van der Waals surface area (Å²) < 4.78 is 20.2.